The maximum atomic E-state index is 13.6. The van der Waals surface area contributed by atoms with Gasteiger partial charge in [-0.2, -0.15) is 0 Å². The molecule has 0 spiro atoms. The topological polar surface area (TPSA) is 93.5 Å². The van der Waals surface area contributed by atoms with Crippen LogP contribution in [0.2, 0.25) is 5.02 Å². The first kappa shape index (κ1) is 25.3. The van der Waals surface area contributed by atoms with Crippen molar-refractivity contribution in [1.29, 1.82) is 0 Å². The molecule has 0 aliphatic carbocycles. The van der Waals surface area contributed by atoms with Gasteiger partial charge in [0.05, 0.1) is 23.4 Å². The van der Waals surface area contributed by atoms with Crippen molar-refractivity contribution in [3.8, 4) is 11.4 Å². The Hall–Kier alpha value is -3.82. The number of carbonyl (C=O) groups excluding carboxylic acids is 1. The lowest BCUT2D eigenvalue weighted by molar-refractivity contribution is -0.119. The molecule has 4 aromatic rings. The van der Waals surface area contributed by atoms with E-state index in [9.17, 15) is 13.2 Å². The van der Waals surface area contributed by atoms with Gasteiger partial charge >= 0.3 is 0 Å². The molecule has 10 heteroatoms. The van der Waals surface area contributed by atoms with E-state index in [2.05, 4.69) is 10.3 Å². The van der Waals surface area contributed by atoms with Gasteiger partial charge in [0.25, 0.3) is 10.0 Å². The molecule has 1 N–H and O–H groups in total. The molecule has 3 aromatic carbocycles. The Bertz CT molecular complexity index is 1470. The molecular weight excluding hydrogens is 500 g/mol. The Morgan fingerprint density at radius 1 is 1.08 bits per heavy atom. The van der Waals surface area contributed by atoms with Crippen LogP contribution in [0.5, 0.6) is 5.75 Å². The molecule has 36 heavy (non-hydrogen) atoms. The van der Waals surface area contributed by atoms with E-state index in [0.29, 0.717) is 5.02 Å². The minimum atomic E-state index is -4.11. The number of amides is 1. The van der Waals surface area contributed by atoms with E-state index in [0.717, 1.165) is 21.4 Å². The molecule has 0 fully saturated rings. The zero-order valence-electron chi connectivity index (χ0n) is 19.8. The van der Waals surface area contributed by atoms with Gasteiger partial charge in [0, 0.05) is 24.0 Å². The number of hydrogen-bond acceptors (Lipinski definition) is 5. The predicted molar refractivity (Wildman–Crippen MR) is 139 cm³/mol. The van der Waals surface area contributed by atoms with Gasteiger partial charge < -0.3 is 14.6 Å². The number of sulfonamides is 1. The van der Waals surface area contributed by atoms with Crippen LogP contribution in [0.1, 0.15) is 11.4 Å². The minimum absolute atomic E-state index is 0.0424. The second-order valence-electron chi connectivity index (χ2n) is 7.89. The molecule has 186 valence electrons. The highest BCUT2D eigenvalue weighted by atomic mass is 35.5. The highest BCUT2D eigenvalue weighted by Crippen LogP contribution is 2.34. The van der Waals surface area contributed by atoms with Crippen molar-refractivity contribution in [3.05, 3.63) is 102 Å². The second kappa shape index (κ2) is 10.8. The molecule has 0 bridgehead atoms. The Morgan fingerprint density at radius 2 is 1.81 bits per heavy atom. The van der Waals surface area contributed by atoms with Crippen LogP contribution in [0, 0.1) is 6.92 Å². The Balaban J connectivity index is 1.63. The Morgan fingerprint density at radius 3 is 2.50 bits per heavy atom. The fraction of sp³-hybridized carbons (Fsp3) is 0.154. The van der Waals surface area contributed by atoms with Crippen molar-refractivity contribution in [2.45, 2.75) is 18.4 Å². The largest absolute Gasteiger partial charge is 0.495 e. The number of methoxy groups -OCH3 is 1. The van der Waals surface area contributed by atoms with Crippen molar-refractivity contribution in [2.24, 2.45) is 0 Å². The highest BCUT2D eigenvalue weighted by molar-refractivity contribution is 7.92. The van der Waals surface area contributed by atoms with Crippen LogP contribution in [-0.4, -0.2) is 37.5 Å². The molecule has 1 amide bonds. The summed E-state index contributed by atoms with van der Waals surface area (Å²) in [7, 11) is -2.68. The van der Waals surface area contributed by atoms with Gasteiger partial charge in [-0.1, -0.05) is 48.0 Å². The van der Waals surface area contributed by atoms with E-state index < -0.39 is 22.5 Å². The third kappa shape index (κ3) is 5.37. The normalized spacial score (nSPS) is 11.2. The number of halogens is 1. The van der Waals surface area contributed by atoms with Crippen molar-refractivity contribution in [2.75, 3.05) is 18.0 Å². The molecule has 0 radical (unpaired) electrons. The van der Waals surface area contributed by atoms with Crippen LogP contribution in [0.4, 0.5) is 5.69 Å². The third-order valence-electron chi connectivity index (χ3n) is 5.58. The van der Waals surface area contributed by atoms with E-state index in [1.165, 1.54) is 25.3 Å². The molecule has 1 aromatic heterocycles. The van der Waals surface area contributed by atoms with Crippen LogP contribution in [0.15, 0.2) is 90.1 Å². The summed E-state index contributed by atoms with van der Waals surface area (Å²) in [5.74, 6) is 0.586. The molecular formula is C26H25ClN4O4S. The summed E-state index contributed by atoms with van der Waals surface area (Å²) in [6.07, 6.45) is 3.55. The molecule has 8 nitrogen and oxygen atoms in total. The second-order valence-corrected chi connectivity index (χ2v) is 10.2. The molecule has 4 rings (SSSR count). The fourth-order valence-corrected chi connectivity index (χ4v) is 5.40. The van der Waals surface area contributed by atoms with Crippen molar-refractivity contribution in [1.82, 2.24) is 14.9 Å². The van der Waals surface area contributed by atoms with Crippen LogP contribution < -0.4 is 14.4 Å². The van der Waals surface area contributed by atoms with E-state index in [1.54, 1.807) is 36.5 Å². The van der Waals surface area contributed by atoms with Gasteiger partial charge in [0.15, 0.2) is 0 Å². The highest BCUT2D eigenvalue weighted by Gasteiger charge is 2.29. The first-order valence-electron chi connectivity index (χ1n) is 11.1. The number of anilines is 1. The molecule has 0 saturated carbocycles. The van der Waals surface area contributed by atoms with Crippen molar-refractivity contribution in [3.63, 3.8) is 0 Å². The average molecular weight is 525 g/mol. The fourth-order valence-electron chi connectivity index (χ4n) is 3.79. The molecule has 0 atom stereocenters. The first-order chi connectivity index (χ1) is 17.3. The lowest BCUT2D eigenvalue weighted by Gasteiger charge is -2.26. The van der Waals surface area contributed by atoms with Crippen LogP contribution >= 0.6 is 11.6 Å². The van der Waals surface area contributed by atoms with Crippen LogP contribution in [0.3, 0.4) is 0 Å². The molecule has 0 aliphatic rings. The molecule has 1 heterocycles. The number of carbonyl (C=O) groups is 1. The van der Waals surface area contributed by atoms with E-state index in [1.807, 2.05) is 42.0 Å². The Kier molecular flexibility index (Phi) is 7.61. The van der Waals surface area contributed by atoms with Gasteiger partial charge in [-0.15, -0.1) is 0 Å². The minimum Gasteiger partial charge on any atom is -0.495 e. The summed E-state index contributed by atoms with van der Waals surface area (Å²) in [4.78, 5) is 17.4. The van der Waals surface area contributed by atoms with Gasteiger partial charge in [-0.3, -0.25) is 9.10 Å². The lowest BCUT2D eigenvalue weighted by atomic mass is 10.1. The SMILES string of the molecule is COc1ccc(Cl)cc1N(CC(=O)NCc1ccccc1-n1ccnc1C)S(=O)(=O)c1ccccc1. The van der Waals surface area contributed by atoms with E-state index in [4.69, 9.17) is 16.3 Å². The number of nitrogens with zero attached hydrogens (tertiary/aromatic N) is 3. The van der Waals surface area contributed by atoms with Crippen molar-refractivity contribution < 1.29 is 17.9 Å². The van der Waals surface area contributed by atoms with Gasteiger partial charge in [-0.05, 0) is 48.9 Å². The maximum absolute atomic E-state index is 13.6. The quantitative estimate of drug-likeness (QED) is 0.351. The zero-order valence-corrected chi connectivity index (χ0v) is 21.3. The van der Waals surface area contributed by atoms with Gasteiger partial charge in [-0.25, -0.2) is 13.4 Å². The summed E-state index contributed by atoms with van der Waals surface area (Å²) in [5.41, 5.74) is 1.89. The number of imidazole rings is 1. The number of ether oxygens (including phenoxy) is 1. The summed E-state index contributed by atoms with van der Waals surface area (Å²) in [5, 5.41) is 3.15. The van der Waals surface area contributed by atoms with E-state index >= 15 is 0 Å². The summed E-state index contributed by atoms with van der Waals surface area (Å²) < 4.78 is 35.5. The molecule has 0 unspecified atom stereocenters. The first-order valence-corrected chi connectivity index (χ1v) is 12.9. The van der Waals surface area contributed by atoms with Crippen LogP contribution in [0.25, 0.3) is 5.69 Å². The number of rotatable bonds is 9. The number of nitrogens with one attached hydrogen (secondary N) is 1. The average Bonchev–Trinajstić information content (AvgIpc) is 3.32. The summed E-state index contributed by atoms with van der Waals surface area (Å²) in [6.45, 7) is 1.61. The monoisotopic (exact) mass is 524 g/mol. The predicted octanol–water partition coefficient (Wildman–Crippen LogP) is 4.35. The number of aryl methyl sites for hydroxylation is 1. The molecule has 0 saturated heterocycles. The third-order valence-corrected chi connectivity index (χ3v) is 7.59. The lowest BCUT2D eigenvalue weighted by Crippen LogP contribution is -2.41. The summed E-state index contributed by atoms with van der Waals surface area (Å²) >= 11 is 6.19. The standard InChI is InChI=1S/C26H25ClN4O4S/c1-19-28-14-15-30(19)23-11-7-6-8-20(23)17-29-26(32)18-31(24-16-21(27)12-13-25(24)35-2)36(33,34)22-9-4-3-5-10-22/h3-16H,17-18H2,1-2H3,(H,29,32). The smallest absolute Gasteiger partial charge is 0.264 e. The number of hydrogen-bond donors (Lipinski definition) is 1. The summed E-state index contributed by atoms with van der Waals surface area (Å²) in [6, 6.07) is 20.1. The number of para-hydroxylation sites is 1. The number of aromatic nitrogens is 2. The Labute approximate surface area is 215 Å². The molecule has 0 aliphatic heterocycles. The number of benzene rings is 3. The maximum Gasteiger partial charge on any atom is 0.264 e. The zero-order chi connectivity index (χ0) is 25.7. The van der Waals surface area contributed by atoms with Crippen molar-refractivity contribution >= 4 is 33.2 Å². The van der Waals surface area contributed by atoms with Gasteiger partial charge in [0.1, 0.15) is 18.1 Å². The van der Waals surface area contributed by atoms with Crippen LogP contribution in [-0.2, 0) is 21.4 Å². The van der Waals surface area contributed by atoms with Gasteiger partial charge in [0.2, 0.25) is 5.91 Å². The van der Waals surface area contributed by atoms with E-state index in [-0.39, 0.29) is 22.9 Å².